The second-order valence-electron chi connectivity index (χ2n) is 9.51. The van der Waals surface area contributed by atoms with Crippen molar-refractivity contribution in [2.24, 2.45) is 0 Å². The molecule has 0 bridgehead atoms. The number of carbonyl (C=O) groups excluding carboxylic acids is 4. The van der Waals surface area contributed by atoms with Gasteiger partial charge in [0.05, 0.1) is 6.54 Å². The molecule has 1 aromatic carbocycles. The normalized spacial score (nSPS) is 13.8. The van der Waals surface area contributed by atoms with Crippen LogP contribution in [0.3, 0.4) is 0 Å². The summed E-state index contributed by atoms with van der Waals surface area (Å²) in [5, 5.41) is 0. The van der Waals surface area contributed by atoms with Gasteiger partial charge in [0.15, 0.2) is 5.78 Å². The SMILES string of the molecule is CC(C)(C)OC(=O)Oc1ccc2c(c1CN(C(=O)CCl)C(=O)OC(C)(C)C)CCCC2=O. The molecule has 1 aromatic rings. The smallest absolute Gasteiger partial charge is 0.443 e. The highest BCUT2D eigenvalue weighted by atomic mass is 35.5. The highest BCUT2D eigenvalue weighted by Crippen LogP contribution is 2.33. The van der Waals surface area contributed by atoms with E-state index >= 15 is 0 Å². The summed E-state index contributed by atoms with van der Waals surface area (Å²) < 4.78 is 16.0. The van der Waals surface area contributed by atoms with E-state index < -0.39 is 35.2 Å². The van der Waals surface area contributed by atoms with Gasteiger partial charge in [0.2, 0.25) is 5.91 Å². The standard InChI is InChI=1S/C23H30ClNO7/c1-22(2,3)31-20(28)25(19(27)12-24)13-16-14-8-7-9-17(26)15(14)10-11-18(16)30-21(29)32-23(4,5)6/h10-11H,7-9,12-13H2,1-6H3. The van der Waals surface area contributed by atoms with Gasteiger partial charge in [-0.15, -0.1) is 11.6 Å². The number of hydrogen-bond donors (Lipinski definition) is 0. The molecule has 0 radical (unpaired) electrons. The molecule has 0 unspecified atom stereocenters. The van der Waals surface area contributed by atoms with Crippen LogP contribution in [-0.4, -0.2) is 45.9 Å². The third kappa shape index (κ3) is 6.95. The van der Waals surface area contributed by atoms with Crippen LogP contribution in [-0.2, 0) is 27.2 Å². The number of amides is 2. The van der Waals surface area contributed by atoms with Crippen LogP contribution < -0.4 is 4.74 Å². The zero-order valence-electron chi connectivity index (χ0n) is 19.4. The van der Waals surface area contributed by atoms with E-state index in [-0.39, 0.29) is 18.1 Å². The van der Waals surface area contributed by atoms with Crippen molar-refractivity contribution < 1.29 is 33.4 Å². The van der Waals surface area contributed by atoms with Gasteiger partial charge < -0.3 is 14.2 Å². The van der Waals surface area contributed by atoms with Gasteiger partial charge in [-0.1, -0.05) is 0 Å². The van der Waals surface area contributed by atoms with Gasteiger partial charge in [-0.2, -0.15) is 0 Å². The number of halogens is 1. The molecule has 32 heavy (non-hydrogen) atoms. The molecular formula is C23H30ClNO7. The summed E-state index contributed by atoms with van der Waals surface area (Å²) in [5.74, 6) is -1.08. The first-order chi connectivity index (χ1) is 14.7. The number of alkyl halides is 1. The minimum atomic E-state index is -0.937. The van der Waals surface area contributed by atoms with Crippen molar-refractivity contribution in [3.05, 3.63) is 28.8 Å². The molecule has 2 amide bonds. The van der Waals surface area contributed by atoms with Crippen molar-refractivity contribution in [2.75, 3.05) is 5.88 Å². The van der Waals surface area contributed by atoms with Crippen LogP contribution in [0.25, 0.3) is 0 Å². The molecule has 0 aliphatic heterocycles. The van der Waals surface area contributed by atoms with E-state index in [4.69, 9.17) is 25.8 Å². The zero-order valence-corrected chi connectivity index (χ0v) is 20.1. The summed E-state index contributed by atoms with van der Waals surface area (Å²) in [6.07, 6.45) is -0.293. The Morgan fingerprint density at radius 2 is 1.62 bits per heavy atom. The fourth-order valence-corrected chi connectivity index (χ4v) is 3.35. The van der Waals surface area contributed by atoms with E-state index in [9.17, 15) is 19.2 Å². The second-order valence-corrected chi connectivity index (χ2v) is 9.77. The highest BCUT2D eigenvalue weighted by molar-refractivity contribution is 6.28. The average molecular weight is 468 g/mol. The van der Waals surface area contributed by atoms with Crippen molar-refractivity contribution in [1.29, 1.82) is 0 Å². The number of rotatable bonds is 4. The summed E-state index contributed by atoms with van der Waals surface area (Å²) in [6.45, 7) is 9.85. The van der Waals surface area contributed by atoms with Crippen LogP contribution in [0.4, 0.5) is 9.59 Å². The Morgan fingerprint density at radius 1 is 1.00 bits per heavy atom. The quantitative estimate of drug-likeness (QED) is 0.348. The minimum Gasteiger partial charge on any atom is -0.443 e. The number of ether oxygens (including phenoxy) is 3. The zero-order chi connectivity index (χ0) is 24.3. The number of Topliss-reactive ketones (excluding diaryl/α,β-unsaturated/α-hetero) is 1. The Labute approximate surface area is 193 Å². The van der Waals surface area contributed by atoms with Gasteiger partial charge in [-0.3, -0.25) is 9.59 Å². The van der Waals surface area contributed by atoms with Gasteiger partial charge in [-0.25, -0.2) is 14.5 Å². The topological polar surface area (TPSA) is 99.2 Å². The van der Waals surface area contributed by atoms with Gasteiger partial charge in [0, 0.05) is 17.5 Å². The van der Waals surface area contributed by atoms with Gasteiger partial charge in [-0.05, 0) is 72.1 Å². The van der Waals surface area contributed by atoms with Gasteiger partial charge >= 0.3 is 12.2 Å². The Kier molecular flexibility index (Phi) is 7.93. The Morgan fingerprint density at radius 3 is 2.19 bits per heavy atom. The molecule has 0 fully saturated rings. The van der Waals surface area contributed by atoms with E-state index in [1.807, 2.05) is 0 Å². The van der Waals surface area contributed by atoms with Crippen LogP contribution in [0.2, 0.25) is 0 Å². The molecule has 1 aliphatic rings. The molecule has 0 heterocycles. The lowest BCUT2D eigenvalue weighted by atomic mass is 9.86. The number of nitrogens with zero attached hydrogens (tertiary/aromatic N) is 1. The van der Waals surface area contributed by atoms with Crippen LogP contribution in [0, 0.1) is 0 Å². The Hall–Kier alpha value is -2.61. The second kappa shape index (κ2) is 9.90. The van der Waals surface area contributed by atoms with Gasteiger partial charge in [0.1, 0.15) is 22.8 Å². The summed E-state index contributed by atoms with van der Waals surface area (Å²) >= 11 is 5.73. The lowest BCUT2D eigenvalue weighted by Crippen LogP contribution is -2.41. The van der Waals surface area contributed by atoms with Crippen molar-refractivity contribution >= 4 is 35.5 Å². The molecule has 176 valence electrons. The number of carbonyl (C=O) groups is 4. The molecule has 9 heteroatoms. The van der Waals surface area contributed by atoms with Crippen molar-refractivity contribution in [1.82, 2.24) is 4.90 Å². The summed E-state index contributed by atoms with van der Waals surface area (Å²) in [4.78, 5) is 50.8. The average Bonchev–Trinajstić information content (AvgIpc) is 2.63. The largest absolute Gasteiger partial charge is 0.514 e. The fourth-order valence-electron chi connectivity index (χ4n) is 3.21. The molecule has 2 rings (SSSR count). The van der Waals surface area contributed by atoms with Crippen molar-refractivity contribution in [3.8, 4) is 5.75 Å². The third-order valence-corrected chi connectivity index (χ3v) is 4.68. The molecule has 0 aromatic heterocycles. The molecule has 0 saturated heterocycles. The maximum absolute atomic E-state index is 12.7. The summed E-state index contributed by atoms with van der Waals surface area (Å²) in [6, 6.07) is 3.06. The van der Waals surface area contributed by atoms with E-state index in [1.54, 1.807) is 47.6 Å². The molecule has 0 atom stereocenters. The molecule has 0 spiro atoms. The highest BCUT2D eigenvalue weighted by Gasteiger charge is 2.31. The number of hydrogen-bond acceptors (Lipinski definition) is 7. The first-order valence-corrected chi connectivity index (χ1v) is 10.9. The van der Waals surface area contributed by atoms with Crippen LogP contribution in [0.5, 0.6) is 5.75 Å². The van der Waals surface area contributed by atoms with Crippen LogP contribution >= 0.6 is 11.6 Å². The predicted octanol–water partition coefficient (Wildman–Crippen LogP) is 5.02. The maximum atomic E-state index is 12.7. The number of imide groups is 1. The molecular weight excluding hydrogens is 438 g/mol. The summed E-state index contributed by atoms with van der Waals surface area (Å²) in [7, 11) is 0. The van der Waals surface area contributed by atoms with Gasteiger partial charge in [0.25, 0.3) is 0 Å². The monoisotopic (exact) mass is 467 g/mol. The van der Waals surface area contributed by atoms with Crippen LogP contribution in [0.15, 0.2) is 12.1 Å². The number of benzene rings is 1. The lowest BCUT2D eigenvalue weighted by molar-refractivity contribution is -0.128. The first kappa shape index (κ1) is 25.6. The fraction of sp³-hybridized carbons (Fsp3) is 0.565. The van der Waals surface area contributed by atoms with Crippen molar-refractivity contribution in [2.45, 2.75) is 78.6 Å². The molecule has 8 nitrogen and oxygen atoms in total. The van der Waals surface area contributed by atoms with E-state index in [1.165, 1.54) is 6.07 Å². The van der Waals surface area contributed by atoms with E-state index in [0.29, 0.717) is 36.0 Å². The minimum absolute atomic E-state index is 0.0520. The van der Waals surface area contributed by atoms with E-state index in [2.05, 4.69) is 0 Å². The molecule has 0 N–H and O–H groups in total. The lowest BCUT2D eigenvalue weighted by Gasteiger charge is -2.28. The molecule has 0 saturated carbocycles. The Balaban J connectivity index is 2.50. The number of ketones is 1. The first-order valence-electron chi connectivity index (χ1n) is 10.4. The Bertz CT molecular complexity index is 912. The summed E-state index contributed by atoms with van der Waals surface area (Å²) in [5.41, 5.74) is -0.156. The maximum Gasteiger partial charge on any atom is 0.514 e. The molecule has 1 aliphatic carbocycles. The third-order valence-electron chi connectivity index (χ3n) is 4.45. The van der Waals surface area contributed by atoms with E-state index in [0.717, 1.165) is 4.90 Å². The van der Waals surface area contributed by atoms with Crippen LogP contribution in [0.1, 0.15) is 75.9 Å². The van der Waals surface area contributed by atoms with Crippen molar-refractivity contribution in [3.63, 3.8) is 0 Å². The predicted molar refractivity (Wildman–Crippen MR) is 118 cm³/mol. The number of fused-ring (bicyclic) bond motifs is 1.